The summed E-state index contributed by atoms with van der Waals surface area (Å²) >= 11 is 0. The molecule has 0 bridgehead atoms. The van der Waals surface area contributed by atoms with Crippen LogP contribution in [-0.2, 0) is 4.74 Å². The summed E-state index contributed by atoms with van der Waals surface area (Å²) in [5.41, 5.74) is -0.491. The molecular formula is C22H47IN6O2. The predicted molar refractivity (Wildman–Crippen MR) is 141 cm³/mol. The van der Waals surface area contributed by atoms with Gasteiger partial charge in [-0.25, -0.2) is 4.79 Å². The molecular weight excluding hydrogens is 507 g/mol. The maximum atomic E-state index is 12.0. The fourth-order valence-electron chi connectivity index (χ4n) is 3.34. The first-order valence-corrected chi connectivity index (χ1v) is 11.7. The molecule has 1 aliphatic heterocycles. The molecule has 9 heteroatoms. The van der Waals surface area contributed by atoms with E-state index >= 15 is 0 Å². The van der Waals surface area contributed by atoms with Crippen LogP contribution in [0.25, 0.3) is 0 Å². The third-order valence-electron chi connectivity index (χ3n) is 4.98. The van der Waals surface area contributed by atoms with Crippen molar-refractivity contribution in [3.8, 4) is 0 Å². The third kappa shape index (κ3) is 15.6. The molecule has 1 rings (SSSR count). The lowest BCUT2D eigenvalue weighted by Crippen LogP contribution is -2.49. The lowest BCUT2D eigenvalue weighted by Gasteiger charge is -2.24. The first kappa shape index (κ1) is 30.2. The Morgan fingerprint density at radius 3 is 2.52 bits per heavy atom. The van der Waals surface area contributed by atoms with Gasteiger partial charge in [-0.2, -0.15) is 0 Å². The molecule has 0 spiro atoms. The summed E-state index contributed by atoms with van der Waals surface area (Å²) in [4.78, 5) is 21.7. The van der Waals surface area contributed by atoms with Gasteiger partial charge in [0, 0.05) is 38.8 Å². The number of hydrogen-bond acceptors (Lipinski definition) is 5. The summed E-state index contributed by atoms with van der Waals surface area (Å²) < 4.78 is 5.36. The van der Waals surface area contributed by atoms with Crippen LogP contribution < -0.4 is 16.0 Å². The van der Waals surface area contributed by atoms with E-state index in [-0.39, 0.29) is 36.1 Å². The molecule has 0 saturated carbocycles. The van der Waals surface area contributed by atoms with Crippen LogP contribution in [0.4, 0.5) is 4.79 Å². The highest BCUT2D eigenvalue weighted by Gasteiger charge is 2.18. The monoisotopic (exact) mass is 554 g/mol. The lowest BCUT2D eigenvalue weighted by molar-refractivity contribution is 0.0522. The summed E-state index contributed by atoms with van der Waals surface area (Å²) in [6.45, 7) is 17.5. The number of carbonyl (C=O) groups excluding carboxylic acids is 1. The summed E-state index contributed by atoms with van der Waals surface area (Å²) in [7, 11) is 2.19. The molecule has 0 aromatic carbocycles. The Morgan fingerprint density at radius 1 is 1.13 bits per heavy atom. The number of rotatable bonds is 10. The molecule has 3 N–H and O–H groups in total. The average molecular weight is 555 g/mol. The van der Waals surface area contributed by atoms with Crippen molar-refractivity contribution in [1.82, 2.24) is 25.8 Å². The number of alkyl carbamates (subject to hydrolysis) is 1. The summed E-state index contributed by atoms with van der Waals surface area (Å²) in [5.74, 6) is 0.816. The zero-order valence-corrected chi connectivity index (χ0v) is 23.0. The molecule has 1 unspecified atom stereocenters. The molecule has 184 valence electrons. The number of nitrogens with zero attached hydrogens (tertiary/aromatic N) is 3. The van der Waals surface area contributed by atoms with E-state index in [0.29, 0.717) is 6.54 Å². The molecule has 1 fully saturated rings. The summed E-state index contributed by atoms with van der Waals surface area (Å²) in [5, 5.41) is 9.74. The number of unbranched alkanes of at least 4 members (excludes halogenated alkanes) is 1. The molecule has 1 saturated heterocycles. The van der Waals surface area contributed by atoms with E-state index in [1.807, 2.05) is 20.8 Å². The first-order chi connectivity index (χ1) is 14.2. The third-order valence-corrected chi connectivity index (χ3v) is 4.98. The minimum Gasteiger partial charge on any atom is -0.444 e. The van der Waals surface area contributed by atoms with E-state index in [1.54, 1.807) is 0 Å². The highest BCUT2D eigenvalue weighted by Crippen LogP contribution is 2.07. The van der Waals surface area contributed by atoms with Crippen LogP contribution in [0.2, 0.25) is 0 Å². The molecule has 1 aliphatic rings. The first-order valence-electron chi connectivity index (χ1n) is 11.7. The lowest BCUT2D eigenvalue weighted by atomic mass is 10.1. The van der Waals surface area contributed by atoms with Crippen molar-refractivity contribution in [2.45, 2.75) is 71.9 Å². The second-order valence-corrected chi connectivity index (χ2v) is 9.13. The molecule has 0 aromatic rings. The van der Waals surface area contributed by atoms with Gasteiger partial charge in [-0.1, -0.05) is 19.8 Å². The van der Waals surface area contributed by atoms with E-state index in [9.17, 15) is 4.79 Å². The van der Waals surface area contributed by atoms with Gasteiger partial charge in [0.25, 0.3) is 0 Å². The number of halogens is 1. The van der Waals surface area contributed by atoms with E-state index in [4.69, 9.17) is 9.73 Å². The molecule has 1 amide bonds. The van der Waals surface area contributed by atoms with Gasteiger partial charge in [-0.3, -0.25) is 4.99 Å². The Balaban J connectivity index is 0.00000900. The SMILES string of the molecule is CCCCC(CNC(=O)OC(C)(C)C)NC(=NCCN1CCCN(C)CC1)NCC.I. The van der Waals surface area contributed by atoms with Crippen LogP contribution in [0.1, 0.15) is 60.3 Å². The van der Waals surface area contributed by atoms with Gasteiger partial charge in [0.05, 0.1) is 6.54 Å². The van der Waals surface area contributed by atoms with Crippen LogP contribution in [0.3, 0.4) is 0 Å². The molecule has 0 aromatic heterocycles. The highest BCUT2D eigenvalue weighted by atomic mass is 127. The quantitative estimate of drug-likeness (QED) is 0.219. The van der Waals surface area contributed by atoms with Crippen molar-refractivity contribution in [2.75, 3.05) is 59.4 Å². The Labute approximate surface area is 207 Å². The van der Waals surface area contributed by atoms with Crippen LogP contribution in [-0.4, -0.2) is 92.9 Å². The summed E-state index contributed by atoms with van der Waals surface area (Å²) in [6.07, 6.45) is 4.01. The number of ether oxygens (including phenoxy) is 1. The number of nitrogens with one attached hydrogen (secondary N) is 3. The second-order valence-electron chi connectivity index (χ2n) is 9.13. The van der Waals surface area contributed by atoms with Crippen molar-refractivity contribution in [3.05, 3.63) is 0 Å². The van der Waals surface area contributed by atoms with Crippen LogP contribution in [0, 0.1) is 0 Å². The fraction of sp³-hybridized carbons (Fsp3) is 0.909. The van der Waals surface area contributed by atoms with E-state index in [2.05, 4.69) is 46.6 Å². The van der Waals surface area contributed by atoms with Crippen molar-refractivity contribution < 1.29 is 9.53 Å². The fourth-order valence-corrected chi connectivity index (χ4v) is 3.34. The second kappa shape index (κ2) is 16.8. The minimum atomic E-state index is -0.491. The van der Waals surface area contributed by atoms with Crippen LogP contribution in [0.5, 0.6) is 0 Å². The molecule has 8 nitrogen and oxygen atoms in total. The van der Waals surface area contributed by atoms with E-state index in [0.717, 1.165) is 64.5 Å². The molecule has 31 heavy (non-hydrogen) atoms. The van der Waals surface area contributed by atoms with Crippen LogP contribution >= 0.6 is 24.0 Å². The van der Waals surface area contributed by atoms with Gasteiger partial charge in [0.1, 0.15) is 5.60 Å². The number of amides is 1. The van der Waals surface area contributed by atoms with Crippen molar-refractivity contribution in [1.29, 1.82) is 0 Å². The predicted octanol–water partition coefficient (Wildman–Crippen LogP) is 2.88. The molecule has 1 heterocycles. The summed E-state index contributed by atoms with van der Waals surface area (Å²) in [6, 6.07) is 0.113. The average Bonchev–Trinajstić information content (AvgIpc) is 2.87. The topological polar surface area (TPSA) is 81.2 Å². The van der Waals surface area contributed by atoms with Gasteiger partial charge in [0.2, 0.25) is 0 Å². The largest absolute Gasteiger partial charge is 0.444 e. The van der Waals surface area contributed by atoms with Gasteiger partial charge in [0.15, 0.2) is 5.96 Å². The minimum absolute atomic E-state index is 0. The molecule has 1 atom stereocenters. The van der Waals surface area contributed by atoms with Crippen molar-refractivity contribution >= 4 is 36.0 Å². The molecule has 0 aliphatic carbocycles. The van der Waals surface area contributed by atoms with Gasteiger partial charge in [-0.15, -0.1) is 24.0 Å². The zero-order valence-electron chi connectivity index (χ0n) is 20.6. The van der Waals surface area contributed by atoms with Gasteiger partial charge in [-0.05, 0) is 60.7 Å². The number of guanidine groups is 1. The normalized spacial score (nSPS) is 17.3. The Hall–Kier alpha value is -0.810. The van der Waals surface area contributed by atoms with Crippen LogP contribution in [0.15, 0.2) is 4.99 Å². The highest BCUT2D eigenvalue weighted by molar-refractivity contribution is 14.0. The number of carbonyl (C=O) groups is 1. The smallest absolute Gasteiger partial charge is 0.407 e. The maximum absolute atomic E-state index is 12.0. The van der Waals surface area contributed by atoms with E-state index in [1.165, 1.54) is 13.0 Å². The zero-order chi connectivity index (χ0) is 22.4. The molecule has 0 radical (unpaired) electrons. The standard InChI is InChI=1S/C22H46N6O2.HI/c1-7-9-11-19(18-25-21(29)30-22(3,4)5)26-20(23-8-2)24-12-15-28-14-10-13-27(6)16-17-28;/h19H,7-18H2,1-6H3,(H,25,29)(H2,23,24,26);1H. The Bertz CT molecular complexity index is 513. The van der Waals surface area contributed by atoms with Gasteiger partial charge < -0.3 is 30.5 Å². The van der Waals surface area contributed by atoms with Gasteiger partial charge >= 0.3 is 6.09 Å². The van der Waals surface area contributed by atoms with E-state index < -0.39 is 5.60 Å². The van der Waals surface area contributed by atoms with Crippen molar-refractivity contribution in [3.63, 3.8) is 0 Å². The maximum Gasteiger partial charge on any atom is 0.407 e. The Morgan fingerprint density at radius 2 is 1.87 bits per heavy atom. The van der Waals surface area contributed by atoms with Crippen molar-refractivity contribution in [2.24, 2.45) is 4.99 Å². The number of hydrogen-bond donors (Lipinski definition) is 3. The number of likely N-dealkylation sites (N-methyl/N-ethyl adjacent to an activating group) is 1. The number of aliphatic imine (C=N–C) groups is 1. The Kier molecular flexibility index (Phi) is 16.3.